The number of aromatic hydroxyl groups is 1. The number of phenolic OH excluding ortho intramolecular Hbond substituents is 1. The summed E-state index contributed by atoms with van der Waals surface area (Å²) in [6.45, 7) is 3.61. The number of thiophene rings is 1. The number of nitrogens with zero attached hydrogens (tertiary/aromatic N) is 1. The predicted octanol–water partition coefficient (Wildman–Crippen LogP) is 3.64. The largest absolute Gasteiger partial charge is 0.508 e. The predicted molar refractivity (Wildman–Crippen MR) is 170 cm³/mol. The molecule has 0 radical (unpaired) electrons. The zero-order valence-corrected chi connectivity index (χ0v) is 25.6. The number of ether oxygens (including phenoxy) is 3. The number of aliphatic hydroxyl groups is 3. The Balaban J connectivity index is 1.26. The Bertz CT molecular complexity index is 1680. The van der Waals surface area contributed by atoms with Gasteiger partial charge in [0.15, 0.2) is 11.9 Å². The highest BCUT2D eigenvalue weighted by Crippen LogP contribution is 2.42. The fraction of sp³-hybridized carbons (Fsp3) is 0.353. The summed E-state index contributed by atoms with van der Waals surface area (Å²) in [6, 6.07) is 18.4. The summed E-state index contributed by atoms with van der Waals surface area (Å²) >= 11 is 1.32. The van der Waals surface area contributed by atoms with E-state index in [1.165, 1.54) is 30.6 Å². The van der Waals surface area contributed by atoms with Crippen LogP contribution in [0.3, 0.4) is 0 Å². The number of aliphatic carboxylic acids is 1. The Morgan fingerprint density at radius 1 is 0.870 bits per heavy atom. The van der Waals surface area contributed by atoms with Crippen molar-refractivity contribution in [2.45, 2.75) is 50.0 Å². The number of fused-ring (bicyclic) bond motifs is 1. The molecule has 12 heteroatoms. The minimum absolute atomic E-state index is 0.0855. The van der Waals surface area contributed by atoms with E-state index < -0.39 is 36.7 Å². The molecule has 4 aromatic rings. The number of aliphatic hydroxyl groups excluding tert-OH is 3. The average molecular weight is 650 g/mol. The van der Waals surface area contributed by atoms with Crippen molar-refractivity contribution in [1.29, 1.82) is 0 Å². The lowest BCUT2D eigenvalue weighted by atomic mass is 9.97. The quantitative estimate of drug-likeness (QED) is 0.159. The summed E-state index contributed by atoms with van der Waals surface area (Å²) < 4.78 is 17.6. The van der Waals surface area contributed by atoms with Gasteiger partial charge in [-0.15, -0.1) is 11.3 Å². The van der Waals surface area contributed by atoms with Gasteiger partial charge in [0.2, 0.25) is 6.29 Å². The Hall–Kier alpha value is -4.04. The van der Waals surface area contributed by atoms with Crippen molar-refractivity contribution in [3.8, 4) is 27.7 Å². The standard InChI is InChI=1S/C34H35NO10S/c36-21-8-4-20(5-9-21)32-26(27(37)19-6-10-22(11-7-19)43-17-16-35-14-2-1-3-15-35)24-13-12-23(18-25(24)46-32)44-34-30(40)28(38)29(39)31(45-34)33(41)42/h4-13,18,28-31,34,36,38-40H,1-3,14-17H2,(H,41,42)/t28-,29+,30?,31?,34-/m1/s1. The molecule has 5 N–H and O–H groups in total. The van der Waals surface area contributed by atoms with Crippen molar-refractivity contribution >= 4 is 33.2 Å². The highest BCUT2D eigenvalue weighted by Gasteiger charge is 2.48. The summed E-state index contributed by atoms with van der Waals surface area (Å²) in [7, 11) is 0. The third-order valence-corrected chi connectivity index (χ3v) is 9.53. The van der Waals surface area contributed by atoms with E-state index in [2.05, 4.69) is 4.90 Å². The highest BCUT2D eigenvalue weighted by atomic mass is 32.1. The highest BCUT2D eigenvalue weighted by molar-refractivity contribution is 7.22. The van der Waals surface area contributed by atoms with Crippen LogP contribution in [0.1, 0.15) is 35.2 Å². The fourth-order valence-corrected chi connectivity index (χ4v) is 7.03. The molecule has 242 valence electrons. The molecule has 5 atom stereocenters. The number of piperidine rings is 1. The molecule has 46 heavy (non-hydrogen) atoms. The third kappa shape index (κ3) is 6.73. The van der Waals surface area contributed by atoms with Crippen molar-refractivity contribution in [3.63, 3.8) is 0 Å². The summed E-state index contributed by atoms with van der Waals surface area (Å²) in [6.07, 6.45) is -5.02. The zero-order valence-electron chi connectivity index (χ0n) is 24.8. The van der Waals surface area contributed by atoms with Gasteiger partial charge in [-0.1, -0.05) is 6.42 Å². The second kappa shape index (κ2) is 13.8. The van der Waals surface area contributed by atoms with Crippen molar-refractivity contribution < 1.29 is 49.3 Å². The lowest BCUT2D eigenvalue weighted by Gasteiger charge is -2.38. The SMILES string of the molecule is O=C(c1ccc(OCCN2CCCCC2)cc1)c1c(-c2ccc(O)cc2)sc2cc(O[C@@H]3OC(C(=O)O)[C@@H](O)[C@@H](O)C3O)ccc12. The number of carboxylic acids is 1. The van der Waals surface area contributed by atoms with Gasteiger partial charge < -0.3 is 39.7 Å². The smallest absolute Gasteiger partial charge is 0.335 e. The van der Waals surface area contributed by atoms with E-state index in [0.29, 0.717) is 38.4 Å². The molecule has 0 bridgehead atoms. The summed E-state index contributed by atoms with van der Waals surface area (Å²) in [5.74, 6) is -0.774. The molecule has 3 aromatic carbocycles. The Morgan fingerprint density at radius 3 is 2.26 bits per heavy atom. The Kier molecular flexibility index (Phi) is 9.54. The van der Waals surface area contributed by atoms with Gasteiger partial charge in [0, 0.05) is 32.6 Å². The first-order chi connectivity index (χ1) is 22.2. The van der Waals surface area contributed by atoms with E-state index in [9.17, 15) is 35.1 Å². The van der Waals surface area contributed by atoms with Crippen molar-refractivity contribution in [2.24, 2.45) is 0 Å². The number of phenols is 1. The second-order valence-corrected chi connectivity index (χ2v) is 12.5. The van der Waals surface area contributed by atoms with Crippen LogP contribution in [0.15, 0.2) is 66.7 Å². The number of rotatable bonds is 10. The molecule has 2 fully saturated rings. The summed E-state index contributed by atoms with van der Waals surface area (Å²) in [5, 5.41) is 50.4. The first-order valence-corrected chi connectivity index (χ1v) is 16.0. The van der Waals surface area contributed by atoms with E-state index >= 15 is 0 Å². The third-order valence-electron chi connectivity index (χ3n) is 8.32. The number of hydrogen-bond donors (Lipinski definition) is 5. The molecular weight excluding hydrogens is 614 g/mol. The van der Waals surface area contributed by atoms with E-state index in [4.69, 9.17) is 14.2 Å². The number of carbonyl (C=O) groups excluding carboxylic acids is 1. The van der Waals surface area contributed by atoms with Crippen LogP contribution < -0.4 is 9.47 Å². The molecule has 0 aliphatic carbocycles. The maximum Gasteiger partial charge on any atom is 0.335 e. The fourth-order valence-electron chi connectivity index (χ4n) is 5.80. The molecule has 2 aliphatic heterocycles. The van der Waals surface area contributed by atoms with Gasteiger partial charge in [0.1, 0.15) is 42.2 Å². The van der Waals surface area contributed by atoms with Crippen LogP contribution in [-0.2, 0) is 9.53 Å². The minimum atomic E-state index is -1.84. The van der Waals surface area contributed by atoms with Gasteiger partial charge in [0.05, 0.1) is 0 Å². The Labute approximate surface area is 268 Å². The molecule has 0 amide bonds. The number of carbonyl (C=O) groups is 2. The van der Waals surface area contributed by atoms with E-state index in [0.717, 1.165) is 25.2 Å². The van der Waals surface area contributed by atoms with Crippen molar-refractivity contribution in [1.82, 2.24) is 4.90 Å². The lowest BCUT2D eigenvalue weighted by Crippen LogP contribution is -2.61. The first-order valence-electron chi connectivity index (χ1n) is 15.1. The number of carboxylic acid groups (broad SMARTS) is 1. The van der Waals surface area contributed by atoms with E-state index in [1.54, 1.807) is 66.7 Å². The maximum absolute atomic E-state index is 14.0. The normalized spacial score (nSPS) is 23.7. The van der Waals surface area contributed by atoms with Gasteiger partial charge >= 0.3 is 5.97 Å². The summed E-state index contributed by atoms with van der Waals surface area (Å²) in [5.41, 5.74) is 1.64. The van der Waals surface area contributed by atoms with Gasteiger partial charge in [0.25, 0.3) is 0 Å². The first kappa shape index (κ1) is 31.9. The molecule has 11 nitrogen and oxygen atoms in total. The molecule has 0 saturated carbocycles. The zero-order chi connectivity index (χ0) is 32.4. The van der Waals surface area contributed by atoms with Crippen LogP contribution in [0.4, 0.5) is 0 Å². The van der Waals surface area contributed by atoms with Crippen LogP contribution in [0, 0.1) is 0 Å². The van der Waals surface area contributed by atoms with Crippen LogP contribution in [-0.4, -0.2) is 99.1 Å². The molecule has 3 heterocycles. The van der Waals surface area contributed by atoms with Gasteiger partial charge in [-0.2, -0.15) is 0 Å². The van der Waals surface area contributed by atoms with Crippen molar-refractivity contribution in [2.75, 3.05) is 26.2 Å². The molecule has 2 unspecified atom stereocenters. The molecule has 6 rings (SSSR count). The summed E-state index contributed by atoms with van der Waals surface area (Å²) in [4.78, 5) is 28.6. The Morgan fingerprint density at radius 2 is 1.57 bits per heavy atom. The van der Waals surface area contributed by atoms with Crippen LogP contribution >= 0.6 is 11.3 Å². The van der Waals surface area contributed by atoms with E-state index in [1.807, 2.05) is 0 Å². The number of ketones is 1. The lowest BCUT2D eigenvalue weighted by molar-refractivity contribution is -0.271. The van der Waals surface area contributed by atoms with Gasteiger partial charge in [-0.3, -0.25) is 9.69 Å². The molecule has 2 saturated heterocycles. The number of likely N-dealkylation sites (tertiary alicyclic amines) is 1. The number of benzene rings is 3. The van der Waals surface area contributed by atoms with Gasteiger partial charge in [-0.05, 0) is 98.2 Å². The second-order valence-electron chi connectivity index (χ2n) is 11.5. The monoisotopic (exact) mass is 649 g/mol. The number of hydrogen-bond acceptors (Lipinski definition) is 11. The van der Waals surface area contributed by atoms with Crippen LogP contribution in [0.2, 0.25) is 0 Å². The minimum Gasteiger partial charge on any atom is -0.508 e. The molecular formula is C34H35NO10S. The van der Waals surface area contributed by atoms with Crippen LogP contribution in [0.5, 0.6) is 17.2 Å². The van der Waals surface area contributed by atoms with E-state index in [-0.39, 0.29) is 17.3 Å². The van der Waals surface area contributed by atoms with Crippen molar-refractivity contribution in [3.05, 3.63) is 77.9 Å². The maximum atomic E-state index is 14.0. The van der Waals surface area contributed by atoms with Crippen LogP contribution in [0.25, 0.3) is 20.5 Å². The molecule has 1 aromatic heterocycles. The topological polar surface area (TPSA) is 166 Å². The molecule has 0 spiro atoms. The molecule has 2 aliphatic rings. The average Bonchev–Trinajstić information content (AvgIpc) is 3.44. The van der Waals surface area contributed by atoms with Gasteiger partial charge in [-0.25, -0.2) is 4.79 Å².